The highest BCUT2D eigenvalue weighted by molar-refractivity contribution is 5.92. The molecule has 0 heterocycles. The summed E-state index contributed by atoms with van der Waals surface area (Å²) >= 11 is 0. The Morgan fingerprint density at radius 1 is 1.07 bits per heavy atom. The first-order valence-corrected chi connectivity index (χ1v) is 8.45. The summed E-state index contributed by atoms with van der Waals surface area (Å²) in [5.41, 5.74) is 0.583. The lowest BCUT2D eigenvalue weighted by molar-refractivity contribution is -0.146. The molecule has 0 radical (unpaired) electrons. The Morgan fingerprint density at radius 3 is 2.30 bits per heavy atom. The van der Waals surface area contributed by atoms with Gasteiger partial charge in [-0.15, -0.1) is 0 Å². The van der Waals surface area contributed by atoms with Crippen LogP contribution < -0.4 is 0 Å². The van der Waals surface area contributed by atoms with Crippen LogP contribution in [0.1, 0.15) is 18.1 Å². The Balaban J connectivity index is 2.21. The van der Waals surface area contributed by atoms with E-state index in [0.717, 1.165) is 29.8 Å². The molecule has 0 bridgehead atoms. The zero-order chi connectivity index (χ0) is 19.8. The highest BCUT2D eigenvalue weighted by Gasteiger charge is 2.20. The van der Waals surface area contributed by atoms with Crippen molar-refractivity contribution in [2.24, 2.45) is 5.92 Å². The van der Waals surface area contributed by atoms with Crippen molar-refractivity contribution < 1.29 is 23.1 Å². The second-order valence-corrected chi connectivity index (χ2v) is 6.10. The van der Waals surface area contributed by atoms with Crippen LogP contribution in [0.25, 0.3) is 6.08 Å². The van der Waals surface area contributed by atoms with E-state index in [2.05, 4.69) is 0 Å². The van der Waals surface area contributed by atoms with Gasteiger partial charge in [-0.2, -0.15) is 0 Å². The molecule has 2 rings (SSSR count). The summed E-state index contributed by atoms with van der Waals surface area (Å²) in [5, 5.41) is 0. The first-order valence-electron chi connectivity index (χ1n) is 8.45. The molecule has 4 nitrogen and oxygen atoms in total. The molecule has 0 N–H and O–H groups in total. The summed E-state index contributed by atoms with van der Waals surface area (Å²) in [4.78, 5) is 25.8. The van der Waals surface area contributed by atoms with Gasteiger partial charge in [0.05, 0.1) is 13.0 Å². The number of hydrogen-bond donors (Lipinski definition) is 0. The van der Waals surface area contributed by atoms with Crippen molar-refractivity contribution in [1.82, 2.24) is 4.90 Å². The van der Waals surface area contributed by atoms with E-state index in [9.17, 15) is 18.4 Å². The number of methoxy groups -OCH3 is 1. The normalized spacial score (nSPS) is 12.0. The van der Waals surface area contributed by atoms with Crippen LogP contribution in [0, 0.1) is 17.6 Å². The van der Waals surface area contributed by atoms with Gasteiger partial charge in [0.1, 0.15) is 11.6 Å². The van der Waals surface area contributed by atoms with Gasteiger partial charge in [0.25, 0.3) is 0 Å². The van der Waals surface area contributed by atoms with Crippen molar-refractivity contribution in [3.05, 3.63) is 77.4 Å². The molecule has 1 amide bonds. The van der Waals surface area contributed by atoms with Crippen molar-refractivity contribution >= 4 is 18.0 Å². The lowest BCUT2D eigenvalue weighted by atomic mass is 10.1. The van der Waals surface area contributed by atoms with E-state index in [-0.39, 0.29) is 18.7 Å². The van der Waals surface area contributed by atoms with Gasteiger partial charge in [0.2, 0.25) is 5.91 Å². The van der Waals surface area contributed by atoms with Crippen LogP contribution >= 0.6 is 0 Å². The smallest absolute Gasteiger partial charge is 0.310 e. The number of halogens is 2. The number of hydrogen-bond acceptors (Lipinski definition) is 3. The molecule has 2 aromatic carbocycles. The molecule has 0 aromatic heterocycles. The number of carbonyl (C=O) groups excluding carboxylic acids is 2. The molecule has 0 spiro atoms. The van der Waals surface area contributed by atoms with Crippen molar-refractivity contribution in [1.29, 1.82) is 0 Å². The molecule has 0 aliphatic carbocycles. The lowest BCUT2D eigenvalue weighted by Gasteiger charge is -2.24. The maximum absolute atomic E-state index is 13.7. The third kappa shape index (κ3) is 5.74. The average Bonchev–Trinajstić information content (AvgIpc) is 2.67. The van der Waals surface area contributed by atoms with Crippen molar-refractivity contribution in [3.8, 4) is 0 Å². The first kappa shape index (κ1) is 20.3. The van der Waals surface area contributed by atoms with Crippen LogP contribution in [0.5, 0.6) is 0 Å². The summed E-state index contributed by atoms with van der Waals surface area (Å²) in [6, 6.07) is 12.7. The van der Waals surface area contributed by atoms with E-state index in [0.29, 0.717) is 0 Å². The molecule has 27 heavy (non-hydrogen) atoms. The highest BCUT2D eigenvalue weighted by atomic mass is 19.1. The second-order valence-electron chi connectivity index (χ2n) is 6.10. The predicted molar refractivity (Wildman–Crippen MR) is 98.4 cm³/mol. The molecule has 0 aliphatic rings. The third-order valence-corrected chi connectivity index (χ3v) is 4.02. The molecule has 1 atom stereocenters. The van der Waals surface area contributed by atoms with E-state index in [1.807, 2.05) is 30.3 Å². The number of ether oxygens (including phenoxy) is 1. The number of benzene rings is 2. The number of rotatable bonds is 7. The van der Waals surface area contributed by atoms with E-state index < -0.39 is 29.4 Å². The molecule has 2 aromatic rings. The summed E-state index contributed by atoms with van der Waals surface area (Å²) in [5.74, 6) is -2.95. The Kier molecular flexibility index (Phi) is 7.23. The monoisotopic (exact) mass is 373 g/mol. The topological polar surface area (TPSA) is 46.6 Å². The largest absolute Gasteiger partial charge is 0.469 e. The fraction of sp³-hybridized carbons (Fsp3) is 0.238. The van der Waals surface area contributed by atoms with E-state index >= 15 is 0 Å². The third-order valence-electron chi connectivity index (χ3n) is 4.02. The predicted octanol–water partition coefficient (Wildman–Crippen LogP) is 3.82. The van der Waals surface area contributed by atoms with Crippen LogP contribution in [0.15, 0.2) is 54.6 Å². The SMILES string of the molecule is COC(=O)C(C)CN(Cc1ccccc1)C(=O)/C=C/c1c(F)cccc1F. The van der Waals surface area contributed by atoms with Crippen LogP contribution in [0.3, 0.4) is 0 Å². The minimum absolute atomic E-state index is 0.116. The second kappa shape index (κ2) is 9.62. The quantitative estimate of drug-likeness (QED) is 0.548. The maximum atomic E-state index is 13.7. The van der Waals surface area contributed by atoms with Crippen LogP contribution in [0.4, 0.5) is 8.78 Å². The Hall–Kier alpha value is -3.02. The Bertz CT molecular complexity index is 801. The first-order chi connectivity index (χ1) is 12.9. The Labute approximate surface area is 157 Å². The number of nitrogens with zero attached hydrogens (tertiary/aromatic N) is 1. The zero-order valence-corrected chi connectivity index (χ0v) is 15.2. The fourth-order valence-corrected chi connectivity index (χ4v) is 2.57. The van der Waals surface area contributed by atoms with E-state index in [4.69, 9.17) is 4.74 Å². The van der Waals surface area contributed by atoms with Gasteiger partial charge in [0.15, 0.2) is 0 Å². The molecular weight excluding hydrogens is 352 g/mol. The van der Waals surface area contributed by atoms with Crippen LogP contribution in [-0.2, 0) is 20.9 Å². The fourth-order valence-electron chi connectivity index (χ4n) is 2.57. The minimum atomic E-state index is -0.753. The molecule has 6 heteroatoms. The highest BCUT2D eigenvalue weighted by Crippen LogP contribution is 2.15. The van der Waals surface area contributed by atoms with Crippen molar-refractivity contribution in [3.63, 3.8) is 0 Å². The van der Waals surface area contributed by atoms with Gasteiger partial charge >= 0.3 is 5.97 Å². The molecule has 0 saturated heterocycles. The standard InChI is InChI=1S/C21H21F2NO3/c1-15(21(26)27-2)13-24(14-16-7-4-3-5-8-16)20(25)12-11-17-18(22)9-6-10-19(17)23/h3-12,15H,13-14H2,1-2H3/b12-11+. The van der Waals surface area contributed by atoms with Gasteiger partial charge in [0, 0.05) is 24.7 Å². The summed E-state index contributed by atoms with van der Waals surface area (Å²) < 4.78 is 32.2. The lowest BCUT2D eigenvalue weighted by Crippen LogP contribution is -2.35. The average molecular weight is 373 g/mol. The summed E-state index contributed by atoms with van der Waals surface area (Å²) in [6.07, 6.45) is 2.21. The van der Waals surface area contributed by atoms with Gasteiger partial charge in [-0.1, -0.05) is 43.3 Å². The summed E-state index contributed by atoms with van der Waals surface area (Å²) in [6.45, 7) is 2.02. The number of carbonyl (C=O) groups is 2. The van der Waals surface area contributed by atoms with Gasteiger partial charge in [-0.3, -0.25) is 9.59 Å². The maximum Gasteiger partial charge on any atom is 0.310 e. The molecule has 0 fully saturated rings. The van der Waals surface area contributed by atoms with Crippen LogP contribution in [0.2, 0.25) is 0 Å². The van der Waals surface area contributed by atoms with Crippen molar-refractivity contribution in [2.75, 3.05) is 13.7 Å². The Morgan fingerprint density at radius 2 is 1.70 bits per heavy atom. The molecule has 142 valence electrons. The van der Waals surface area contributed by atoms with E-state index in [1.165, 1.54) is 18.1 Å². The number of amides is 1. The molecule has 1 unspecified atom stereocenters. The van der Waals surface area contributed by atoms with Crippen molar-refractivity contribution in [2.45, 2.75) is 13.5 Å². The number of esters is 1. The molecule has 0 saturated carbocycles. The van der Waals surface area contributed by atoms with Crippen LogP contribution in [-0.4, -0.2) is 30.4 Å². The zero-order valence-electron chi connectivity index (χ0n) is 15.2. The molecular formula is C21H21F2NO3. The van der Waals surface area contributed by atoms with Gasteiger partial charge in [-0.05, 0) is 23.8 Å². The van der Waals surface area contributed by atoms with Gasteiger partial charge < -0.3 is 9.64 Å². The van der Waals surface area contributed by atoms with Gasteiger partial charge in [-0.25, -0.2) is 8.78 Å². The van der Waals surface area contributed by atoms with E-state index in [1.54, 1.807) is 6.92 Å². The summed E-state index contributed by atoms with van der Waals surface area (Å²) in [7, 11) is 1.28. The minimum Gasteiger partial charge on any atom is -0.469 e. The molecule has 0 aliphatic heterocycles.